The van der Waals surface area contributed by atoms with E-state index in [1.807, 2.05) is 0 Å². The number of carbonyl (C=O) groups excluding carboxylic acids is 2. The Morgan fingerprint density at radius 3 is 2.43 bits per heavy atom. The summed E-state index contributed by atoms with van der Waals surface area (Å²) in [5.41, 5.74) is -0.284. The number of hydrogen-bond acceptors (Lipinski definition) is 9. The molecule has 0 aliphatic carbocycles. The maximum absolute atomic E-state index is 12.4. The van der Waals surface area contributed by atoms with Crippen LogP contribution in [0, 0.1) is 17.0 Å². The van der Waals surface area contributed by atoms with E-state index in [2.05, 4.69) is 4.74 Å². The first-order valence-corrected chi connectivity index (χ1v) is 8.16. The molecule has 0 saturated carbocycles. The number of hydrogen-bond donors (Lipinski definition) is 0. The summed E-state index contributed by atoms with van der Waals surface area (Å²) in [6.07, 6.45) is 0. The normalized spacial score (nSPS) is 10.3. The molecule has 28 heavy (non-hydrogen) atoms. The van der Waals surface area contributed by atoms with Gasteiger partial charge in [-0.1, -0.05) is 0 Å². The van der Waals surface area contributed by atoms with Crippen LogP contribution >= 0.6 is 0 Å². The Hall–Kier alpha value is -3.56. The van der Waals surface area contributed by atoms with E-state index in [1.165, 1.54) is 26.4 Å². The number of ether oxygens (including phenoxy) is 4. The molecule has 0 amide bonds. The molecule has 1 heterocycles. The van der Waals surface area contributed by atoms with E-state index in [4.69, 9.17) is 18.6 Å². The number of furan rings is 1. The lowest BCUT2D eigenvalue weighted by atomic mass is 10.1. The van der Waals surface area contributed by atoms with Crippen molar-refractivity contribution < 1.29 is 37.9 Å². The molecule has 1 aromatic heterocycles. The topological polar surface area (TPSA) is 127 Å². The van der Waals surface area contributed by atoms with Crippen LogP contribution in [0.1, 0.15) is 39.2 Å². The van der Waals surface area contributed by atoms with Gasteiger partial charge in [0.1, 0.15) is 17.9 Å². The zero-order chi connectivity index (χ0) is 20.8. The Morgan fingerprint density at radius 2 is 1.86 bits per heavy atom. The summed E-state index contributed by atoms with van der Waals surface area (Å²) in [6.45, 7) is 3.27. The minimum absolute atomic E-state index is 0.0118. The van der Waals surface area contributed by atoms with Crippen molar-refractivity contribution in [2.45, 2.75) is 20.5 Å². The molecule has 0 fully saturated rings. The summed E-state index contributed by atoms with van der Waals surface area (Å²) in [5, 5.41) is 11.3. The van der Waals surface area contributed by atoms with Gasteiger partial charge in [-0.25, -0.2) is 9.59 Å². The average molecular weight is 393 g/mol. The van der Waals surface area contributed by atoms with Crippen molar-refractivity contribution in [1.82, 2.24) is 0 Å². The Kier molecular flexibility index (Phi) is 6.59. The van der Waals surface area contributed by atoms with Gasteiger partial charge in [0, 0.05) is 11.6 Å². The molecular weight excluding hydrogens is 374 g/mol. The lowest BCUT2D eigenvalue weighted by Crippen LogP contribution is -2.09. The highest BCUT2D eigenvalue weighted by Crippen LogP contribution is 2.35. The van der Waals surface area contributed by atoms with Crippen molar-refractivity contribution in [3.63, 3.8) is 0 Å². The van der Waals surface area contributed by atoms with Crippen molar-refractivity contribution in [3.05, 3.63) is 51.0 Å². The van der Waals surface area contributed by atoms with E-state index < -0.39 is 22.5 Å². The lowest BCUT2D eigenvalue weighted by molar-refractivity contribution is -0.385. The number of benzene rings is 1. The fourth-order valence-electron chi connectivity index (χ4n) is 2.42. The number of aryl methyl sites for hydroxylation is 1. The number of esters is 2. The Morgan fingerprint density at radius 1 is 1.14 bits per heavy atom. The van der Waals surface area contributed by atoms with Crippen LogP contribution in [0.5, 0.6) is 11.5 Å². The summed E-state index contributed by atoms with van der Waals surface area (Å²) in [5.74, 6) is -1.16. The molecule has 0 aliphatic heterocycles. The van der Waals surface area contributed by atoms with Gasteiger partial charge < -0.3 is 23.4 Å². The van der Waals surface area contributed by atoms with E-state index in [0.717, 1.165) is 6.07 Å². The van der Waals surface area contributed by atoms with Gasteiger partial charge in [-0.05, 0) is 19.9 Å². The summed E-state index contributed by atoms with van der Waals surface area (Å²) in [7, 11) is 2.56. The zero-order valence-corrected chi connectivity index (χ0v) is 15.8. The van der Waals surface area contributed by atoms with Crippen LogP contribution in [-0.4, -0.2) is 37.7 Å². The van der Waals surface area contributed by atoms with E-state index >= 15 is 0 Å². The van der Waals surface area contributed by atoms with Crippen molar-refractivity contribution in [2.24, 2.45) is 0 Å². The van der Waals surface area contributed by atoms with E-state index in [9.17, 15) is 19.7 Å². The Labute approximate surface area is 160 Å². The van der Waals surface area contributed by atoms with Gasteiger partial charge in [0.25, 0.3) is 5.69 Å². The number of rotatable bonds is 8. The molecule has 2 rings (SSSR count). The van der Waals surface area contributed by atoms with Crippen LogP contribution in [0.2, 0.25) is 0 Å². The molecule has 0 radical (unpaired) electrons. The summed E-state index contributed by atoms with van der Waals surface area (Å²) in [6, 6.07) is 3.79. The first-order chi connectivity index (χ1) is 13.3. The molecule has 0 saturated heterocycles. The maximum atomic E-state index is 12.4. The van der Waals surface area contributed by atoms with Gasteiger partial charge >= 0.3 is 11.9 Å². The van der Waals surface area contributed by atoms with Crippen molar-refractivity contribution in [1.29, 1.82) is 0 Å². The molecule has 0 aliphatic rings. The fourth-order valence-corrected chi connectivity index (χ4v) is 2.42. The van der Waals surface area contributed by atoms with Crippen LogP contribution in [0.25, 0.3) is 0 Å². The zero-order valence-electron chi connectivity index (χ0n) is 15.8. The van der Waals surface area contributed by atoms with Crippen molar-refractivity contribution >= 4 is 17.6 Å². The highest BCUT2D eigenvalue weighted by Gasteiger charge is 2.26. The second-order valence-electron chi connectivity index (χ2n) is 5.50. The van der Waals surface area contributed by atoms with Crippen LogP contribution in [0.3, 0.4) is 0 Å². The molecule has 10 heteroatoms. The van der Waals surface area contributed by atoms with Crippen LogP contribution in [0.15, 0.2) is 22.6 Å². The fraction of sp³-hybridized carbons (Fsp3) is 0.333. The van der Waals surface area contributed by atoms with Crippen LogP contribution < -0.4 is 9.47 Å². The third kappa shape index (κ3) is 4.40. The molecule has 0 bridgehead atoms. The quantitative estimate of drug-likeness (QED) is 0.377. The smallest absolute Gasteiger partial charge is 0.374 e. The summed E-state index contributed by atoms with van der Waals surface area (Å²) >= 11 is 0. The molecule has 0 spiro atoms. The first-order valence-electron chi connectivity index (χ1n) is 8.16. The van der Waals surface area contributed by atoms with Gasteiger partial charge in [-0.3, -0.25) is 10.1 Å². The maximum Gasteiger partial charge on any atom is 0.374 e. The minimum atomic E-state index is -0.957. The van der Waals surface area contributed by atoms with Gasteiger partial charge in [0.05, 0.1) is 31.8 Å². The van der Waals surface area contributed by atoms with Gasteiger partial charge in [0.15, 0.2) is 11.5 Å². The average Bonchev–Trinajstić information content (AvgIpc) is 3.05. The SMILES string of the molecule is CCOc1cc([N+](=O)[O-])c(C(=O)OCc2cc(C)c(C(=O)OC)o2)cc1OC. The lowest BCUT2D eigenvalue weighted by Gasteiger charge is -2.11. The van der Waals surface area contributed by atoms with E-state index in [1.54, 1.807) is 13.8 Å². The molecular formula is C18H19NO9. The summed E-state index contributed by atoms with van der Waals surface area (Å²) in [4.78, 5) is 34.6. The number of nitro groups is 1. The Bertz CT molecular complexity index is 901. The van der Waals surface area contributed by atoms with Crippen LogP contribution in [-0.2, 0) is 16.1 Å². The number of carbonyl (C=O) groups is 2. The van der Waals surface area contributed by atoms with Crippen molar-refractivity contribution in [2.75, 3.05) is 20.8 Å². The van der Waals surface area contributed by atoms with Gasteiger partial charge in [-0.15, -0.1) is 0 Å². The van der Waals surface area contributed by atoms with Crippen LogP contribution in [0.4, 0.5) is 5.69 Å². The third-order valence-electron chi connectivity index (χ3n) is 3.68. The van der Waals surface area contributed by atoms with Gasteiger partial charge in [-0.2, -0.15) is 0 Å². The number of methoxy groups -OCH3 is 2. The van der Waals surface area contributed by atoms with Crippen molar-refractivity contribution in [3.8, 4) is 11.5 Å². The predicted octanol–water partition coefficient (Wildman–Crippen LogP) is 3.05. The summed E-state index contributed by atoms with van der Waals surface area (Å²) < 4.78 is 25.4. The largest absolute Gasteiger partial charge is 0.493 e. The Balaban J connectivity index is 2.26. The molecule has 0 N–H and O–H groups in total. The molecule has 1 aromatic carbocycles. The molecule has 2 aromatic rings. The molecule has 150 valence electrons. The predicted molar refractivity (Wildman–Crippen MR) is 94.7 cm³/mol. The van der Waals surface area contributed by atoms with Gasteiger partial charge in [0.2, 0.25) is 5.76 Å². The molecule has 0 atom stereocenters. The molecule has 0 unspecified atom stereocenters. The number of nitro benzene ring substituents is 1. The first kappa shape index (κ1) is 20.7. The highest BCUT2D eigenvalue weighted by molar-refractivity contribution is 5.95. The molecule has 10 nitrogen and oxygen atoms in total. The number of nitrogens with zero attached hydrogens (tertiary/aromatic N) is 1. The van der Waals surface area contributed by atoms with E-state index in [-0.39, 0.29) is 41.8 Å². The second-order valence-corrected chi connectivity index (χ2v) is 5.50. The second kappa shape index (κ2) is 8.89. The highest BCUT2D eigenvalue weighted by atomic mass is 16.6. The standard InChI is InChI=1S/C18H19NO9/c1-5-26-15-8-13(19(22)23)12(7-14(15)24-3)17(20)27-9-11-6-10(2)16(28-11)18(21)25-4/h6-8H,5,9H2,1-4H3. The monoisotopic (exact) mass is 393 g/mol. The third-order valence-corrected chi connectivity index (χ3v) is 3.68. The van der Waals surface area contributed by atoms with E-state index in [0.29, 0.717) is 5.56 Å². The minimum Gasteiger partial charge on any atom is -0.493 e.